The van der Waals surface area contributed by atoms with Gasteiger partial charge in [0, 0.05) is 23.2 Å². The predicted molar refractivity (Wildman–Crippen MR) is 79.4 cm³/mol. The number of carbonyl (C=O) groups excluding carboxylic acids is 1. The summed E-state index contributed by atoms with van der Waals surface area (Å²) in [6.07, 6.45) is 2.93. The minimum absolute atomic E-state index is 0.172. The minimum atomic E-state index is -0.611. The Morgan fingerprint density at radius 1 is 1.05 bits per heavy atom. The van der Waals surface area contributed by atoms with Crippen molar-refractivity contribution in [2.45, 2.75) is 54.0 Å². The zero-order valence-corrected chi connectivity index (χ0v) is 13.3. The molecule has 0 heterocycles. The van der Waals surface area contributed by atoms with E-state index in [2.05, 4.69) is 23.5 Å². The van der Waals surface area contributed by atoms with E-state index in [0.717, 1.165) is 0 Å². The van der Waals surface area contributed by atoms with Crippen LogP contribution < -0.4 is 0 Å². The van der Waals surface area contributed by atoms with Crippen LogP contribution in [0.4, 0.5) is 0 Å². The summed E-state index contributed by atoms with van der Waals surface area (Å²) in [4.78, 5) is 12.7. The largest absolute Gasteiger partial charge is 0.298 e. The molecule has 0 saturated carbocycles. The Bertz CT molecular complexity index is 387. The number of hydrogen-bond donors (Lipinski definition) is 0. The molecule has 0 aromatic rings. The molecule has 0 atom stereocenters. The average molecular weight is 265 g/mol. The first-order valence-corrected chi connectivity index (χ1v) is 6.41. The van der Waals surface area contributed by atoms with Gasteiger partial charge in [0.15, 0.2) is 0 Å². The molecule has 0 aliphatic rings. The van der Waals surface area contributed by atoms with Crippen LogP contribution in [0.5, 0.6) is 0 Å². The van der Waals surface area contributed by atoms with Crippen LogP contribution in [-0.4, -0.2) is 16.3 Å². The normalized spacial score (nSPS) is 13.4. The van der Waals surface area contributed by atoms with Gasteiger partial charge in [-0.05, 0) is 13.8 Å². The monoisotopic (exact) mass is 265 g/mol. The SMILES string of the molecule is C=C/N=N\N(C=C)C(C)(C)C(C)(C)C(=O)C(C)(C)C. The molecule has 0 aliphatic carbocycles. The summed E-state index contributed by atoms with van der Waals surface area (Å²) in [7, 11) is 0. The molecule has 4 heteroatoms. The second-order valence-corrected chi connectivity index (χ2v) is 6.68. The van der Waals surface area contributed by atoms with Gasteiger partial charge in [0.2, 0.25) is 0 Å². The van der Waals surface area contributed by atoms with Gasteiger partial charge in [-0.3, -0.25) is 4.79 Å². The summed E-state index contributed by atoms with van der Waals surface area (Å²) >= 11 is 0. The topological polar surface area (TPSA) is 45.0 Å². The van der Waals surface area contributed by atoms with Gasteiger partial charge in [0.05, 0.1) is 5.54 Å². The van der Waals surface area contributed by atoms with Crippen LogP contribution in [0.15, 0.2) is 35.9 Å². The number of hydrogen-bond acceptors (Lipinski definition) is 3. The Morgan fingerprint density at radius 3 is 1.84 bits per heavy atom. The lowest BCUT2D eigenvalue weighted by Gasteiger charge is -2.46. The zero-order valence-electron chi connectivity index (χ0n) is 13.3. The maximum absolute atomic E-state index is 12.7. The van der Waals surface area contributed by atoms with Gasteiger partial charge >= 0.3 is 0 Å². The first kappa shape index (κ1) is 17.6. The Kier molecular flexibility index (Phi) is 5.24. The second-order valence-electron chi connectivity index (χ2n) is 6.68. The summed E-state index contributed by atoms with van der Waals surface area (Å²) in [6, 6.07) is 0. The summed E-state index contributed by atoms with van der Waals surface area (Å²) in [6.45, 7) is 20.8. The molecule has 0 aliphatic heterocycles. The molecular weight excluding hydrogens is 238 g/mol. The smallest absolute Gasteiger partial charge is 0.146 e. The van der Waals surface area contributed by atoms with Crippen LogP contribution in [-0.2, 0) is 4.79 Å². The lowest BCUT2D eigenvalue weighted by Crippen LogP contribution is -2.55. The fraction of sp³-hybridized carbons (Fsp3) is 0.667. The summed E-state index contributed by atoms with van der Waals surface area (Å²) < 4.78 is 0. The van der Waals surface area contributed by atoms with E-state index in [4.69, 9.17) is 0 Å². The Labute approximate surface area is 117 Å². The minimum Gasteiger partial charge on any atom is -0.298 e. The zero-order chi connectivity index (χ0) is 15.5. The maximum Gasteiger partial charge on any atom is 0.146 e. The number of rotatable bonds is 6. The highest BCUT2D eigenvalue weighted by Crippen LogP contribution is 2.41. The Hall–Kier alpha value is -1.45. The first-order valence-electron chi connectivity index (χ1n) is 6.41. The fourth-order valence-corrected chi connectivity index (χ4v) is 1.97. The van der Waals surface area contributed by atoms with Crippen molar-refractivity contribution >= 4 is 5.78 Å². The molecule has 0 rings (SSSR count). The van der Waals surface area contributed by atoms with Crippen LogP contribution in [0.2, 0.25) is 0 Å². The molecule has 4 nitrogen and oxygen atoms in total. The molecule has 0 fully saturated rings. The molecule has 0 spiro atoms. The van der Waals surface area contributed by atoms with E-state index in [-0.39, 0.29) is 5.78 Å². The van der Waals surface area contributed by atoms with Crippen molar-refractivity contribution in [3.8, 4) is 0 Å². The molecular formula is C15H27N3O. The van der Waals surface area contributed by atoms with Crippen molar-refractivity contribution < 1.29 is 4.79 Å². The van der Waals surface area contributed by atoms with E-state index in [0.29, 0.717) is 0 Å². The summed E-state index contributed by atoms with van der Waals surface area (Å²) in [5.74, 6) is 0.172. The molecule has 0 radical (unpaired) electrons. The van der Waals surface area contributed by atoms with Crippen LogP contribution in [0.1, 0.15) is 48.5 Å². The van der Waals surface area contributed by atoms with Gasteiger partial charge in [0.25, 0.3) is 0 Å². The maximum atomic E-state index is 12.7. The molecule has 0 N–H and O–H groups in total. The quantitative estimate of drug-likeness (QED) is 0.529. The van der Waals surface area contributed by atoms with Crippen LogP contribution in [0, 0.1) is 10.8 Å². The van der Waals surface area contributed by atoms with Gasteiger partial charge < -0.3 is 0 Å². The molecule has 0 unspecified atom stereocenters. The fourth-order valence-electron chi connectivity index (χ4n) is 1.97. The third kappa shape index (κ3) is 3.52. The average Bonchev–Trinajstić information content (AvgIpc) is 2.27. The van der Waals surface area contributed by atoms with Crippen molar-refractivity contribution in [2.75, 3.05) is 0 Å². The molecule has 19 heavy (non-hydrogen) atoms. The molecule has 0 saturated heterocycles. The molecule has 108 valence electrons. The summed E-state index contributed by atoms with van der Waals surface area (Å²) in [5.41, 5.74) is -1.57. The lowest BCUT2D eigenvalue weighted by atomic mass is 9.64. The third-order valence-electron chi connectivity index (χ3n) is 3.75. The van der Waals surface area contributed by atoms with Crippen LogP contribution in [0.3, 0.4) is 0 Å². The van der Waals surface area contributed by atoms with Gasteiger partial charge in [-0.1, -0.05) is 53.0 Å². The van der Waals surface area contributed by atoms with Crippen molar-refractivity contribution in [1.82, 2.24) is 5.01 Å². The highest BCUT2D eigenvalue weighted by Gasteiger charge is 2.49. The van der Waals surface area contributed by atoms with Gasteiger partial charge in [0.1, 0.15) is 5.78 Å². The number of carbonyl (C=O) groups is 1. The Morgan fingerprint density at radius 2 is 1.53 bits per heavy atom. The lowest BCUT2D eigenvalue weighted by molar-refractivity contribution is -0.142. The van der Waals surface area contributed by atoms with Crippen molar-refractivity contribution in [3.63, 3.8) is 0 Å². The van der Waals surface area contributed by atoms with E-state index in [1.165, 1.54) is 6.20 Å². The number of ketones is 1. The Balaban J connectivity index is 5.59. The van der Waals surface area contributed by atoms with Crippen molar-refractivity contribution in [1.29, 1.82) is 0 Å². The molecule has 0 aromatic heterocycles. The van der Waals surface area contributed by atoms with Crippen molar-refractivity contribution in [2.24, 2.45) is 21.2 Å². The van der Waals surface area contributed by atoms with Crippen molar-refractivity contribution in [3.05, 3.63) is 25.6 Å². The van der Waals surface area contributed by atoms with E-state index >= 15 is 0 Å². The summed E-state index contributed by atoms with van der Waals surface area (Å²) in [5, 5.41) is 9.42. The highest BCUT2D eigenvalue weighted by molar-refractivity contribution is 5.90. The molecule has 0 aromatic carbocycles. The third-order valence-corrected chi connectivity index (χ3v) is 3.75. The second kappa shape index (κ2) is 5.68. The van der Waals surface area contributed by atoms with Gasteiger partial charge in [-0.15, -0.1) is 5.11 Å². The molecule has 0 amide bonds. The standard InChI is InChI=1S/C15H27N3O/c1-10-16-17-18(11-2)15(8,9)14(6,7)12(19)13(3,4)5/h10-11H,1-2H2,3-9H3/b17-16-. The highest BCUT2D eigenvalue weighted by atomic mass is 16.1. The van der Waals surface area contributed by atoms with Gasteiger partial charge in [-0.2, -0.15) is 0 Å². The van der Waals surface area contributed by atoms with Crippen LogP contribution in [0.25, 0.3) is 0 Å². The van der Waals surface area contributed by atoms with Crippen LogP contribution >= 0.6 is 0 Å². The first-order chi connectivity index (χ1) is 8.42. The predicted octanol–water partition coefficient (Wildman–Crippen LogP) is 4.36. The number of nitrogens with zero attached hydrogens (tertiary/aromatic N) is 3. The van der Waals surface area contributed by atoms with Gasteiger partial charge in [-0.25, -0.2) is 5.01 Å². The molecule has 0 bridgehead atoms. The van der Waals surface area contributed by atoms with E-state index in [1.54, 1.807) is 11.2 Å². The van der Waals surface area contributed by atoms with E-state index in [9.17, 15) is 4.79 Å². The number of Topliss-reactive ketones (excluding diaryl/α,β-unsaturated/α-hetero) is 1. The van der Waals surface area contributed by atoms with E-state index in [1.807, 2.05) is 48.5 Å². The van der Waals surface area contributed by atoms with E-state index < -0.39 is 16.4 Å².